The zero-order valence-corrected chi connectivity index (χ0v) is 18.0. The first-order valence-corrected chi connectivity index (χ1v) is 10.5. The number of nitrogens with zero attached hydrogens (tertiary/aromatic N) is 1. The molecule has 2 aromatic heterocycles. The van der Waals surface area contributed by atoms with Gasteiger partial charge in [0.25, 0.3) is 0 Å². The number of pyridine rings is 1. The summed E-state index contributed by atoms with van der Waals surface area (Å²) in [6.07, 6.45) is 0. The molecule has 1 N–H and O–H groups in total. The van der Waals surface area contributed by atoms with Gasteiger partial charge in [0, 0.05) is 21.9 Å². The van der Waals surface area contributed by atoms with Crippen molar-refractivity contribution in [1.82, 2.24) is 9.97 Å². The van der Waals surface area contributed by atoms with E-state index < -0.39 is 0 Å². The molecule has 30 heavy (non-hydrogen) atoms. The van der Waals surface area contributed by atoms with Crippen molar-refractivity contribution in [2.45, 2.75) is 33.1 Å². The number of hydrogen-bond donors (Lipinski definition) is 1. The van der Waals surface area contributed by atoms with Crippen LogP contribution in [0.25, 0.3) is 44.3 Å². The maximum absolute atomic E-state index is 5.00. The van der Waals surface area contributed by atoms with E-state index in [2.05, 4.69) is 112 Å². The summed E-state index contributed by atoms with van der Waals surface area (Å²) >= 11 is 0. The highest BCUT2D eigenvalue weighted by Crippen LogP contribution is 2.37. The second kappa shape index (κ2) is 6.84. The van der Waals surface area contributed by atoms with Gasteiger partial charge >= 0.3 is 0 Å². The second-order valence-corrected chi connectivity index (χ2v) is 9.14. The van der Waals surface area contributed by atoms with Gasteiger partial charge in [0.2, 0.25) is 0 Å². The summed E-state index contributed by atoms with van der Waals surface area (Å²) in [7, 11) is 0. The lowest BCUT2D eigenvalue weighted by atomic mass is 9.86. The molecule has 0 aliphatic carbocycles. The Kier molecular flexibility index (Phi) is 4.25. The molecule has 0 amide bonds. The molecule has 2 heterocycles. The fourth-order valence-corrected chi connectivity index (χ4v) is 4.10. The normalized spacial score (nSPS) is 12.0. The van der Waals surface area contributed by atoms with E-state index in [4.69, 9.17) is 4.98 Å². The van der Waals surface area contributed by atoms with Crippen molar-refractivity contribution in [3.05, 3.63) is 90.0 Å². The van der Waals surface area contributed by atoms with E-state index >= 15 is 0 Å². The van der Waals surface area contributed by atoms with Crippen LogP contribution >= 0.6 is 0 Å². The second-order valence-electron chi connectivity index (χ2n) is 9.14. The van der Waals surface area contributed by atoms with E-state index in [0.29, 0.717) is 0 Å². The van der Waals surface area contributed by atoms with Crippen molar-refractivity contribution >= 4 is 21.9 Å². The fraction of sp³-hybridized carbons (Fsp3) is 0.179. The number of para-hydroxylation sites is 1. The Balaban J connectivity index is 1.78. The zero-order chi connectivity index (χ0) is 20.9. The maximum atomic E-state index is 5.00. The Morgan fingerprint density at radius 2 is 1.43 bits per heavy atom. The first-order chi connectivity index (χ1) is 14.4. The molecule has 0 bridgehead atoms. The van der Waals surface area contributed by atoms with Gasteiger partial charge in [0.1, 0.15) is 5.65 Å². The SMILES string of the molecule is Cc1ccc(-c2cc(-c3ccc(C(C)(C)C)cc3)c3c(n2)[nH]c2ccccc23)cc1. The summed E-state index contributed by atoms with van der Waals surface area (Å²) in [5, 5.41) is 2.40. The van der Waals surface area contributed by atoms with E-state index in [1.807, 2.05) is 0 Å². The van der Waals surface area contributed by atoms with Gasteiger partial charge in [-0.3, -0.25) is 0 Å². The van der Waals surface area contributed by atoms with E-state index in [0.717, 1.165) is 22.4 Å². The van der Waals surface area contributed by atoms with Crippen molar-refractivity contribution in [2.75, 3.05) is 0 Å². The van der Waals surface area contributed by atoms with Crippen LogP contribution < -0.4 is 0 Å². The number of benzene rings is 3. The van der Waals surface area contributed by atoms with Crippen LogP contribution in [-0.4, -0.2) is 9.97 Å². The molecule has 2 nitrogen and oxygen atoms in total. The van der Waals surface area contributed by atoms with Crippen LogP contribution in [0.15, 0.2) is 78.9 Å². The highest BCUT2D eigenvalue weighted by Gasteiger charge is 2.17. The van der Waals surface area contributed by atoms with E-state index in [1.54, 1.807) is 0 Å². The molecule has 0 fully saturated rings. The highest BCUT2D eigenvalue weighted by atomic mass is 14.9. The van der Waals surface area contributed by atoms with Crippen molar-refractivity contribution in [2.24, 2.45) is 0 Å². The number of H-pyrrole nitrogens is 1. The average Bonchev–Trinajstić information content (AvgIpc) is 3.11. The molecule has 0 saturated carbocycles. The van der Waals surface area contributed by atoms with E-state index in [1.165, 1.54) is 33.0 Å². The number of aromatic nitrogens is 2. The van der Waals surface area contributed by atoms with Crippen molar-refractivity contribution in [1.29, 1.82) is 0 Å². The molecular formula is C28H26N2. The summed E-state index contributed by atoms with van der Waals surface area (Å²) in [5.41, 5.74) is 9.34. The van der Waals surface area contributed by atoms with Crippen molar-refractivity contribution < 1.29 is 0 Å². The van der Waals surface area contributed by atoms with E-state index in [-0.39, 0.29) is 5.41 Å². The molecule has 148 valence electrons. The fourth-order valence-electron chi connectivity index (χ4n) is 4.10. The smallest absolute Gasteiger partial charge is 0.139 e. The lowest BCUT2D eigenvalue weighted by Crippen LogP contribution is -2.10. The topological polar surface area (TPSA) is 28.7 Å². The molecule has 3 aromatic carbocycles. The Hall–Kier alpha value is -3.39. The van der Waals surface area contributed by atoms with Gasteiger partial charge in [0.15, 0.2) is 0 Å². The monoisotopic (exact) mass is 390 g/mol. The molecule has 0 atom stereocenters. The Morgan fingerprint density at radius 1 is 0.767 bits per heavy atom. The average molecular weight is 391 g/mol. The molecule has 0 radical (unpaired) electrons. The quantitative estimate of drug-likeness (QED) is 0.329. The largest absolute Gasteiger partial charge is 0.339 e. The Bertz CT molecular complexity index is 1350. The predicted octanol–water partition coefficient (Wildman–Crippen LogP) is 7.66. The molecule has 0 saturated heterocycles. The van der Waals surface area contributed by atoms with Gasteiger partial charge in [-0.2, -0.15) is 0 Å². The molecule has 5 aromatic rings. The lowest BCUT2D eigenvalue weighted by molar-refractivity contribution is 0.590. The Morgan fingerprint density at radius 3 is 2.13 bits per heavy atom. The third-order valence-electron chi connectivity index (χ3n) is 5.88. The third kappa shape index (κ3) is 3.19. The lowest BCUT2D eigenvalue weighted by Gasteiger charge is -2.19. The summed E-state index contributed by atoms with van der Waals surface area (Å²) in [5.74, 6) is 0. The summed E-state index contributed by atoms with van der Waals surface area (Å²) in [6.45, 7) is 8.87. The van der Waals surface area contributed by atoms with Crippen LogP contribution in [0.1, 0.15) is 31.9 Å². The molecule has 5 rings (SSSR count). The van der Waals surface area contributed by atoms with Gasteiger partial charge in [0.05, 0.1) is 5.69 Å². The summed E-state index contributed by atoms with van der Waals surface area (Å²) < 4.78 is 0. The van der Waals surface area contributed by atoms with Crippen LogP contribution in [-0.2, 0) is 5.41 Å². The van der Waals surface area contributed by atoms with E-state index in [9.17, 15) is 0 Å². The highest BCUT2D eigenvalue weighted by molar-refractivity contribution is 6.13. The van der Waals surface area contributed by atoms with Gasteiger partial charge in [-0.1, -0.05) is 93.1 Å². The van der Waals surface area contributed by atoms with Crippen LogP contribution in [0.2, 0.25) is 0 Å². The first kappa shape index (κ1) is 18.6. The number of aryl methyl sites for hydroxylation is 1. The van der Waals surface area contributed by atoms with Gasteiger partial charge in [-0.25, -0.2) is 4.98 Å². The number of aromatic amines is 1. The minimum Gasteiger partial charge on any atom is -0.339 e. The van der Waals surface area contributed by atoms with Gasteiger partial charge < -0.3 is 4.98 Å². The number of rotatable bonds is 2. The Labute approximate surface area is 177 Å². The molecule has 2 heteroatoms. The number of nitrogens with one attached hydrogen (secondary N) is 1. The summed E-state index contributed by atoms with van der Waals surface area (Å²) in [4.78, 5) is 8.53. The van der Waals surface area contributed by atoms with Crippen molar-refractivity contribution in [3.63, 3.8) is 0 Å². The van der Waals surface area contributed by atoms with Gasteiger partial charge in [-0.15, -0.1) is 0 Å². The van der Waals surface area contributed by atoms with Crippen molar-refractivity contribution in [3.8, 4) is 22.4 Å². The minimum atomic E-state index is 0.139. The first-order valence-electron chi connectivity index (χ1n) is 10.5. The van der Waals surface area contributed by atoms with Crippen LogP contribution in [0, 0.1) is 6.92 Å². The standard InChI is InChI=1S/C28H26N2/c1-18-9-11-20(12-10-18)25-17-23(19-13-15-21(16-14-19)28(2,3)4)26-22-7-5-6-8-24(22)29-27(26)30-25/h5-17H,1-4H3,(H,29,30). The maximum Gasteiger partial charge on any atom is 0.139 e. The molecule has 0 spiro atoms. The zero-order valence-electron chi connectivity index (χ0n) is 18.0. The summed E-state index contributed by atoms with van der Waals surface area (Å²) in [6, 6.07) is 28.3. The third-order valence-corrected chi connectivity index (χ3v) is 5.88. The number of fused-ring (bicyclic) bond motifs is 3. The van der Waals surface area contributed by atoms with Crippen LogP contribution in [0.4, 0.5) is 0 Å². The van der Waals surface area contributed by atoms with Crippen LogP contribution in [0.3, 0.4) is 0 Å². The molecule has 0 aliphatic heterocycles. The van der Waals surface area contributed by atoms with Gasteiger partial charge in [-0.05, 0) is 41.2 Å². The molecular weight excluding hydrogens is 364 g/mol. The molecule has 0 unspecified atom stereocenters. The molecule has 0 aliphatic rings. The predicted molar refractivity (Wildman–Crippen MR) is 128 cm³/mol. The number of hydrogen-bond acceptors (Lipinski definition) is 1. The minimum absolute atomic E-state index is 0.139. The van der Waals surface area contributed by atoms with Crippen LogP contribution in [0.5, 0.6) is 0 Å².